The molecule has 13 heteroatoms. The summed E-state index contributed by atoms with van der Waals surface area (Å²) in [7, 11) is 0. The molecule has 1 aromatic rings. The molecule has 0 aromatic carbocycles. The van der Waals surface area contributed by atoms with E-state index in [1.165, 1.54) is 6.08 Å². The lowest BCUT2D eigenvalue weighted by atomic mass is 9.76. The maximum Gasteiger partial charge on any atom is 0.336 e. The molecule has 0 saturated carbocycles. The molecule has 4 atom stereocenters. The summed E-state index contributed by atoms with van der Waals surface area (Å²) in [6.45, 7) is 17.0. The Morgan fingerprint density at radius 2 is 1.34 bits per heavy atom. The van der Waals surface area contributed by atoms with E-state index in [-0.39, 0.29) is 31.3 Å². The molecule has 1 fully saturated rings. The van der Waals surface area contributed by atoms with Crippen molar-refractivity contribution in [3.63, 3.8) is 0 Å². The summed E-state index contributed by atoms with van der Waals surface area (Å²) in [4.78, 5) is 84.3. The van der Waals surface area contributed by atoms with E-state index in [2.05, 4.69) is 13.5 Å². The second-order valence-corrected chi connectivity index (χ2v) is 14.4. The number of allylic oxidation sites excluding steroid dienone is 3. The van der Waals surface area contributed by atoms with E-state index in [4.69, 9.17) is 0 Å². The Hall–Kier alpha value is -3.58. The lowest BCUT2D eigenvalue weighted by molar-refractivity contribution is -0.161. The molecule has 1 aromatic heterocycles. The molecule has 1 aliphatic rings. The molecule has 2 heterocycles. The third-order valence-corrected chi connectivity index (χ3v) is 11.1. The second kappa shape index (κ2) is 18.1. The van der Waals surface area contributed by atoms with E-state index in [0.29, 0.717) is 30.3 Å². The van der Waals surface area contributed by atoms with Gasteiger partial charge in [0, 0.05) is 6.54 Å². The van der Waals surface area contributed by atoms with E-state index in [0.717, 1.165) is 38.2 Å². The number of aliphatic hydroxyl groups excluding tert-OH is 2. The van der Waals surface area contributed by atoms with E-state index in [9.17, 15) is 39.0 Å². The molecule has 0 aliphatic carbocycles. The van der Waals surface area contributed by atoms with Crippen LogP contribution in [0.25, 0.3) is 0 Å². The molecule has 4 unspecified atom stereocenters. The first-order valence-corrected chi connectivity index (χ1v) is 18.2. The van der Waals surface area contributed by atoms with E-state index in [1.54, 1.807) is 13.8 Å². The molecule has 0 bridgehead atoms. The van der Waals surface area contributed by atoms with Crippen LogP contribution in [0.2, 0.25) is 0 Å². The second-order valence-electron chi connectivity index (χ2n) is 14.4. The number of barbiturate groups is 1. The number of carbonyl (C=O) groups is 3. The van der Waals surface area contributed by atoms with Crippen molar-refractivity contribution in [1.82, 2.24) is 23.5 Å². The van der Waals surface area contributed by atoms with Gasteiger partial charge in [0.1, 0.15) is 5.41 Å². The maximum atomic E-state index is 13.9. The van der Waals surface area contributed by atoms with Crippen LogP contribution in [0.5, 0.6) is 0 Å². The van der Waals surface area contributed by atoms with Crippen LogP contribution in [0.4, 0.5) is 4.79 Å². The zero-order chi connectivity index (χ0) is 38.0. The predicted molar refractivity (Wildman–Crippen MR) is 194 cm³/mol. The quantitative estimate of drug-likeness (QED) is 0.143. The van der Waals surface area contributed by atoms with E-state index < -0.39 is 77.6 Å². The summed E-state index contributed by atoms with van der Waals surface area (Å²) >= 11 is 0. The molecule has 50 heavy (non-hydrogen) atoms. The molecule has 4 amide bonds. The molecular weight excluding hydrogens is 642 g/mol. The van der Waals surface area contributed by atoms with Crippen molar-refractivity contribution >= 4 is 17.8 Å². The molecular formula is C37H61N5O8. The molecule has 2 N–H and O–H groups in total. The summed E-state index contributed by atoms with van der Waals surface area (Å²) < 4.78 is 2.25. The van der Waals surface area contributed by atoms with Crippen molar-refractivity contribution in [1.29, 1.82) is 0 Å². The van der Waals surface area contributed by atoms with Crippen LogP contribution in [0.3, 0.4) is 0 Å². The highest BCUT2D eigenvalue weighted by atomic mass is 16.3. The summed E-state index contributed by atoms with van der Waals surface area (Å²) in [5.74, 6) is -1.29. The van der Waals surface area contributed by atoms with Gasteiger partial charge in [0.15, 0.2) is 0 Å². The molecule has 0 radical (unpaired) electrons. The normalized spacial score (nSPS) is 18.7. The summed E-state index contributed by atoms with van der Waals surface area (Å²) in [5.41, 5.74) is -5.52. The average Bonchev–Trinajstić information content (AvgIpc) is 3.10. The zero-order valence-electron chi connectivity index (χ0n) is 31.6. The molecule has 0 spiro atoms. The number of amides is 4. The molecule has 282 valence electrons. The fraction of sp³-hybridized carbons (Fsp3) is 0.730. The predicted octanol–water partition coefficient (Wildman–Crippen LogP) is 4.06. The van der Waals surface area contributed by atoms with Crippen molar-refractivity contribution < 1.29 is 24.6 Å². The van der Waals surface area contributed by atoms with Gasteiger partial charge in [-0.3, -0.25) is 19.4 Å². The third kappa shape index (κ3) is 8.82. The monoisotopic (exact) mass is 703 g/mol. The largest absolute Gasteiger partial charge is 0.391 e. The Labute approximate surface area is 296 Å². The Balaban J connectivity index is 2.56. The number of unbranched alkanes of at least 4 members (excludes halogenated alkanes) is 1. The Bertz CT molecular complexity index is 1570. The van der Waals surface area contributed by atoms with E-state index >= 15 is 0 Å². The minimum absolute atomic E-state index is 0.104. The Kier molecular flexibility index (Phi) is 15.4. The van der Waals surface area contributed by atoms with Gasteiger partial charge < -0.3 is 10.2 Å². The van der Waals surface area contributed by atoms with Crippen molar-refractivity contribution in [2.24, 2.45) is 16.2 Å². The number of aromatic nitrogens is 3. The summed E-state index contributed by atoms with van der Waals surface area (Å²) in [5, 5.41) is 22.6. The zero-order valence-corrected chi connectivity index (χ0v) is 31.6. The number of rotatable bonds is 21. The number of carbonyl (C=O) groups excluding carboxylic acids is 3. The highest BCUT2D eigenvalue weighted by Crippen LogP contribution is 2.39. The topological polar surface area (TPSA) is 164 Å². The van der Waals surface area contributed by atoms with Crippen molar-refractivity contribution in [2.45, 2.75) is 145 Å². The summed E-state index contributed by atoms with van der Waals surface area (Å²) in [6.07, 6.45) is 7.89. The smallest absolute Gasteiger partial charge is 0.336 e. The first kappa shape index (κ1) is 42.6. The van der Waals surface area contributed by atoms with Crippen molar-refractivity contribution in [3.8, 4) is 0 Å². The lowest BCUT2D eigenvalue weighted by Gasteiger charge is -2.46. The van der Waals surface area contributed by atoms with Crippen LogP contribution in [-0.2, 0) is 29.2 Å². The Morgan fingerprint density at radius 1 is 0.780 bits per heavy atom. The minimum atomic E-state index is -1.61. The molecule has 1 aliphatic heterocycles. The van der Waals surface area contributed by atoms with Gasteiger partial charge in [-0.05, 0) is 62.7 Å². The van der Waals surface area contributed by atoms with Gasteiger partial charge >= 0.3 is 23.1 Å². The number of urea groups is 1. The van der Waals surface area contributed by atoms with Gasteiger partial charge in [0.2, 0.25) is 11.8 Å². The van der Waals surface area contributed by atoms with Gasteiger partial charge in [0.25, 0.3) is 0 Å². The van der Waals surface area contributed by atoms with Gasteiger partial charge in [-0.15, -0.1) is 6.58 Å². The minimum Gasteiger partial charge on any atom is -0.391 e. The number of aliphatic hydroxyl groups is 2. The first-order chi connectivity index (χ1) is 23.5. The fourth-order valence-corrected chi connectivity index (χ4v) is 6.75. The van der Waals surface area contributed by atoms with Crippen LogP contribution >= 0.6 is 0 Å². The van der Waals surface area contributed by atoms with Crippen LogP contribution in [0.1, 0.15) is 113 Å². The highest BCUT2D eigenvalue weighted by molar-refractivity contribution is 6.19. The molecule has 13 nitrogen and oxygen atoms in total. The van der Waals surface area contributed by atoms with Crippen molar-refractivity contribution in [3.05, 3.63) is 56.3 Å². The third-order valence-electron chi connectivity index (χ3n) is 11.1. The number of β-amino-alcohol motifs (C(OH)–C–C–N with tert-alkyl or cyclic N) is 1. The van der Waals surface area contributed by atoms with Crippen LogP contribution in [0, 0.1) is 16.2 Å². The fourth-order valence-electron chi connectivity index (χ4n) is 6.75. The van der Waals surface area contributed by atoms with Crippen LogP contribution < -0.4 is 17.1 Å². The van der Waals surface area contributed by atoms with Gasteiger partial charge in [-0.25, -0.2) is 32.9 Å². The van der Waals surface area contributed by atoms with Gasteiger partial charge in [-0.2, -0.15) is 0 Å². The van der Waals surface area contributed by atoms with Gasteiger partial charge in [0.05, 0.1) is 38.4 Å². The number of nitrogens with zero attached hydrogens (tertiary/aromatic N) is 5. The molecule has 1 saturated heterocycles. The van der Waals surface area contributed by atoms with Crippen molar-refractivity contribution in [2.75, 3.05) is 13.1 Å². The van der Waals surface area contributed by atoms with E-state index in [1.807, 2.05) is 46.8 Å². The lowest BCUT2D eigenvalue weighted by Crippen LogP contribution is -2.67. The number of imide groups is 2. The number of hydrogen-bond donors (Lipinski definition) is 2. The first-order valence-electron chi connectivity index (χ1n) is 18.2. The number of hydrogen-bond acceptors (Lipinski definition) is 8. The average molecular weight is 704 g/mol. The summed E-state index contributed by atoms with van der Waals surface area (Å²) in [6, 6.07) is -0.853. The highest BCUT2D eigenvalue weighted by Gasteiger charge is 2.56. The van der Waals surface area contributed by atoms with Crippen LogP contribution in [-0.4, -0.2) is 76.9 Å². The Morgan fingerprint density at radius 3 is 1.84 bits per heavy atom. The standard InChI is InChI=1S/C37H61N5O8/c1-10-17-19-21-36(9,14-5)28(44)25-41-32(48)38(22-12-3)31(47)40(34(41)50)24-27(43)23-39-29(45)37(15-6,16-7)30(46)42(33(39)49)26-35(8,13-4)20-18-11-2/h10,12,17,27-28,43-44H,3,11,13-16,18-26H2,1-2,4-9H3/b17-10-. The molecule has 2 rings (SSSR count). The van der Waals surface area contributed by atoms with Crippen LogP contribution in [0.15, 0.2) is 39.2 Å². The maximum absolute atomic E-state index is 13.9. The SMILES string of the molecule is C=CCn1c(=O)n(CC(O)CN2C(=O)N(CC(C)(CC)CCCC)C(=O)C(CC)(CC)C2=O)c(=O)n(CC(O)C(C)(CC)CC/C=C\C)c1=O. The van der Waals surface area contributed by atoms with Gasteiger partial charge in [-0.1, -0.05) is 79.5 Å².